The number of piperidine rings is 1. The quantitative estimate of drug-likeness (QED) is 0.827. The molecule has 1 saturated heterocycles. The number of likely N-dealkylation sites (tertiary alicyclic amines) is 1. The number of carbonyl (C=O) groups excluding carboxylic acids is 2. The maximum Gasteiger partial charge on any atom is 0.236 e. The molecule has 138 valence electrons. The second kappa shape index (κ2) is 8.62. The molecule has 1 aliphatic heterocycles. The average molecular weight is 355 g/mol. The molecule has 2 heterocycles. The number of amides is 2. The lowest BCUT2D eigenvalue weighted by Gasteiger charge is -2.32. The smallest absolute Gasteiger partial charge is 0.236 e. The van der Waals surface area contributed by atoms with Gasteiger partial charge < -0.3 is 10.2 Å². The molecule has 0 spiro atoms. The normalized spacial score (nSPS) is 15.2. The Morgan fingerprint density at radius 3 is 2.65 bits per heavy atom. The van der Waals surface area contributed by atoms with Crippen molar-refractivity contribution in [3.05, 3.63) is 48.3 Å². The first-order valence-electron chi connectivity index (χ1n) is 8.91. The van der Waals surface area contributed by atoms with Gasteiger partial charge >= 0.3 is 0 Å². The summed E-state index contributed by atoms with van der Waals surface area (Å²) in [6.45, 7) is 2.31. The standard InChI is InChI=1S/C19H25N5O2/c1-23(13-15-11-20-21-12-15)14-18(25)24-9-7-16(8-10-24)19(26)22-17-5-3-2-4-6-17/h2-6,11-12,16H,7-10,13-14H2,1H3,(H,20,21)(H,22,26). The Bertz CT molecular complexity index is 709. The molecule has 7 heteroatoms. The van der Waals surface area contributed by atoms with Crippen molar-refractivity contribution in [1.29, 1.82) is 0 Å². The third-order valence-corrected chi connectivity index (χ3v) is 4.67. The van der Waals surface area contributed by atoms with E-state index in [1.807, 2.05) is 53.4 Å². The van der Waals surface area contributed by atoms with Gasteiger partial charge in [0.1, 0.15) is 0 Å². The molecule has 1 aliphatic rings. The molecule has 0 aliphatic carbocycles. The molecule has 1 fully saturated rings. The van der Waals surface area contributed by atoms with Gasteiger partial charge in [0.2, 0.25) is 11.8 Å². The highest BCUT2D eigenvalue weighted by atomic mass is 16.2. The van der Waals surface area contributed by atoms with E-state index in [0.29, 0.717) is 39.0 Å². The number of anilines is 1. The summed E-state index contributed by atoms with van der Waals surface area (Å²) >= 11 is 0. The van der Waals surface area contributed by atoms with Gasteiger partial charge in [-0.25, -0.2) is 0 Å². The van der Waals surface area contributed by atoms with Crippen molar-refractivity contribution in [2.24, 2.45) is 5.92 Å². The summed E-state index contributed by atoms with van der Waals surface area (Å²) in [4.78, 5) is 28.7. The number of aromatic amines is 1. The number of hydrogen-bond acceptors (Lipinski definition) is 4. The van der Waals surface area contributed by atoms with Crippen LogP contribution in [0.15, 0.2) is 42.7 Å². The molecule has 2 amide bonds. The van der Waals surface area contributed by atoms with Crippen molar-refractivity contribution < 1.29 is 9.59 Å². The third kappa shape index (κ3) is 4.92. The minimum absolute atomic E-state index is 0.0390. The summed E-state index contributed by atoms with van der Waals surface area (Å²) in [6.07, 6.45) is 5.00. The first-order valence-corrected chi connectivity index (χ1v) is 8.91. The van der Waals surface area contributed by atoms with E-state index in [0.717, 1.165) is 11.3 Å². The number of rotatable bonds is 6. The topological polar surface area (TPSA) is 81.3 Å². The van der Waals surface area contributed by atoms with Crippen LogP contribution in [0.2, 0.25) is 0 Å². The second-order valence-corrected chi connectivity index (χ2v) is 6.79. The number of nitrogens with one attached hydrogen (secondary N) is 2. The summed E-state index contributed by atoms with van der Waals surface area (Å²) in [7, 11) is 1.92. The maximum absolute atomic E-state index is 12.5. The number of aromatic nitrogens is 2. The van der Waals surface area contributed by atoms with Crippen LogP contribution in [0.3, 0.4) is 0 Å². The van der Waals surface area contributed by atoms with Crippen molar-refractivity contribution in [2.45, 2.75) is 19.4 Å². The predicted octanol–water partition coefficient (Wildman–Crippen LogP) is 1.72. The molecule has 2 aromatic rings. The van der Waals surface area contributed by atoms with E-state index < -0.39 is 0 Å². The lowest BCUT2D eigenvalue weighted by Crippen LogP contribution is -2.45. The van der Waals surface area contributed by atoms with Gasteiger partial charge in [-0.15, -0.1) is 0 Å². The van der Waals surface area contributed by atoms with Gasteiger partial charge in [0.25, 0.3) is 0 Å². The van der Waals surface area contributed by atoms with E-state index in [4.69, 9.17) is 0 Å². The highest BCUT2D eigenvalue weighted by Gasteiger charge is 2.27. The van der Waals surface area contributed by atoms with Crippen LogP contribution in [0.4, 0.5) is 5.69 Å². The Balaban J connectivity index is 1.42. The zero-order valence-electron chi connectivity index (χ0n) is 15.0. The van der Waals surface area contributed by atoms with Crippen LogP contribution < -0.4 is 5.32 Å². The number of benzene rings is 1. The SMILES string of the molecule is CN(CC(=O)N1CCC(C(=O)Nc2ccccc2)CC1)Cc1cn[nH]c1. The minimum atomic E-state index is -0.0390. The Morgan fingerprint density at radius 1 is 1.27 bits per heavy atom. The molecule has 0 bridgehead atoms. The molecule has 7 nitrogen and oxygen atoms in total. The van der Waals surface area contributed by atoms with Crippen LogP contribution in [0.5, 0.6) is 0 Å². The molecular formula is C19H25N5O2. The van der Waals surface area contributed by atoms with Crippen LogP contribution in [0, 0.1) is 5.92 Å². The van der Waals surface area contributed by atoms with Crippen molar-refractivity contribution >= 4 is 17.5 Å². The largest absolute Gasteiger partial charge is 0.342 e. The van der Waals surface area contributed by atoms with Crippen LogP contribution in [-0.4, -0.2) is 58.5 Å². The summed E-state index contributed by atoms with van der Waals surface area (Å²) in [6, 6.07) is 9.48. The molecule has 0 saturated carbocycles. The molecule has 1 aromatic carbocycles. The van der Waals surface area contributed by atoms with E-state index in [9.17, 15) is 9.59 Å². The van der Waals surface area contributed by atoms with Gasteiger partial charge in [0.15, 0.2) is 0 Å². The van der Waals surface area contributed by atoms with Crippen LogP contribution >= 0.6 is 0 Å². The van der Waals surface area contributed by atoms with Crippen LogP contribution in [0.1, 0.15) is 18.4 Å². The van der Waals surface area contributed by atoms with E-state index in [1.165, 1.54) is 0 Å². The molecule has 3 rings (SSSR count). The summed E-state index contributed by atoms with van der Waals surface area (Å²) in [5, 5.41) is 9.64. The maximum atomic E-state index is 12.5. The lowest BCUT2D eigenvalue weighted by atomic mass is 9.95. The Kier molecular flexibility index (Phi) is 6.01. The van der Waals surface area contributed by atoms with Crippen molar-refractivity contribution in [3.63, 3.8) is 0 Å². The fourth-order valence-electron chi connectivity index (χ4n) is 3.22. The first-order chi connectivity index (χ1) is 12.6. The van der Waals surface area contributed by atoms with Gasteiger partial charge in [-0.2, -0.15) is 5.10 Å². The third-order valence-electron chi connectivity index (χ3n) is 4.67. The fourth-order valence-corrected chi connectivity index (χ4v) is 3.22. The summed E-state index contributed by atoms with van der Waals surface area (Å²) in [5.74, 6) is 0.112. The van der Waals surface area contributed by atoms with Gasteiger partial charge in [0, 0.05) is 43.0 Å². The minimum Gasteiger partial charge on any atom is -0.342 e. The zero-order chi connectivity index (χ0) is 18.4. The highest BCUT2D eigenvalue weighted by molar-refractivity contribution is 5.92. The number of hydrogen-bond donors (Lipinski definition) is 2. The van der Waals surface area contributed by atoms with Gasteiger partial charge in [-0.05, 0) is 32.0 Å². The highest BCUT2D eigenvalue weighted by Crippen LogP contribution is 2.19. The Morgan fingerprint density at radius 2 is 2.00 bits per heavy atom. The van der Waals surface area contributed by atoms with Crippen LogP contribution in [0.25, 0.3) is 0 Å². The molecule has 26 heavy (non-hydrogen) atoms. The predicted molar refractivity (Wildman–Crippen MR) is 99.3 cm³/mol. The number of nitrogens with zero attached hydrogens (tertiary/aromatic N) is 3. The number of likely N-dealkylation sites (N-methyl/N-ethyl adjacent to an activating group) is 1. The van der Waals surface area contributed by atoms with E-state index >= 15 is 0 Å². The van der Waals surface area contributed by atoms with E-state index in [-0.39, 0.29) is 17.7 Å². The van der Waals surface area contributed by atoms with Gasteiger partial charge in [0.05, 0.1) is 12.7 Å². The molecule has 0 unspecified atom stereocenters. The molecule has 0 radical (unpaired) electrons. The fraction of sp³-hybridized carbons (Fsp3) is 0.421. The van der Waals surface area contributed by atoms with Crippen LogP contribution in [-0.2, 0) is 16.1 Å². The first kappa shape index (κ1) is 18.1. The summed E-state index contributed by atoms with van der Waals surface area (Å²) in [5.41, 5.74) is 1.87. The van der Waals surface area contributed by atoms with Crippen molar-refractivity contribution in [1.82, 2.24) is 20.0 Å². The van der Waals surface area contributed by atoms with Crippen molar-refractivity contribution in [3.8, 4) is 0 Å². The number of para-hydroxylation sites is 1. The molecule has 1 aromatic heterocycles. The number of carbonyl (C=O) groups is 2. The summed E-state index contributed by atoms with van der Waals surface area (Å²) < 4.78 is 0. The Hall–Kier alpha value is -2.67. The van der Waals surface area contributed by atoms with Gasteiger partial charge in [-0.1, -0.05) is 18.2 Å². The Labute approximate surface area is 153 Å². The average Bonchev–Trinajstić information content (AvgIpc) is 3.15. The zero-order valence-corrected chi connectivity index (χ0v) is 15.0. The van der Waals surface area contributed by atoms with Gasteiger partial charge in [-0.3, -0.25) is 19.6 Å². The lowest BCUT2D eigenvalue weighted by molar-refractivity contribution is -0.135. The number of H-pyrrole nitrogens is 1. The van der Waals surface area contributed by atoms with Crippen molar-refractivity contribution in [2.75, 3.05) is 32.0 Å². The van der Waals surface area contributed by atoms with E-state index in [2.05, 4.69) is 15.5 Å². The monoisotopic (exact) mass is 355 g/mol. The molecular weight excluding hydrogens is 330 g/mol. The molecule has 0 atom stereocenters. The second-order valence-electron chi connectivity index (χ2n) is 6.79. The van der Waals surface area contributed by atoms with E-state index in [1.54, 1.807) is 6.20 Å². The molecule has 2 N–H and O–H groups in total.